The Kier molecular flexibility index (Phi) is 5.31. The number of aliphatic imine (C=N–C) groups is 1. The zero-order valence-electron chi connectivity index (χ0n) is 16.8. The molecule has 1 saturated carbocycles. The molecule has 2 nitrogen and oxygen atoms in total. The van der Waals surface area contributed by atoms with Gasteiger partial charge in [-0.3, -0.25) is 9.89 Å². The van der Waals surface area contributed by atoms with Crippen LogP contribution in [0.5, 0.6) is 0 Å². The molecule has 3 aliphatic heterocycles. The molecule has 4 fully saturated rings. The number of fused-ring (bicyclic) bond motifs is 3. The van der Waals surface area contributed by atoms with Crippen LogP contribution in [0.2, 0.25) is 0 Å². The normalized spacial score (nSPS) is 30.5. The van der Waals surface area contributed by atoms with E-state index in [9.17, 15) is 0 Å². The highest BCUT2D eigenvalue weighted by molar-refractivity contribution is 5.61. The number of hydrogen-bond donors (Lipinski definition) is 0. The van der Waals surface area contributed by atoms with Crippen LogP contribution in [-0.4, -0.2) is 36.3 Å². The second-order valence-corrected chi connectivity index (χ2v) is 9.00. The molecule has 146 valence electrons. The zero-order chi connectivity index (χ0) is 18.8. The van der Waals surface area contributed by atoms with Crippen LogP contribution in [0.25, 0.3) is 0 Å². The Bertz CT molecular complexity index is 731. The van der Waals surface area contributed by atoms with Crippen molar-refractivity contribution in [3.63, 3.8) is 0 Å². The molecular weight excluding hydrogens is 340 g/mol. The lowest BCUT2D eigenvalue weighted by molar-refractivity contribution is 0.0214. The molecule has 3 heterocycles. The van der Waals surface area contributed by atoms with Crippen LogP contribution in [0.15, 0.2) is 65.7 Å². The summed E-state index contributed by atoms with van der Waals surface area (Å²) in [5.74, 6) is 1.88. The fourth-order valence-corrected chi connectivity index (χ4v) is 5.91. The van der Waals surface area contributed by atoms with Gasteiger partial charge in [-0.1, -0.05) is 73.5 Å². The minimum Gasteiger partial charge on any atom is -0.297 e. The summed E-state index contributed by atoms with van der Waals surface area (Å²) < 4.78 is 0. The van der Waals surface area contributed by atoms with Crippen molar-refractivity contribution in [2.75, 3.05) is 13.1 Å². The molecule has 4 aliphatic rings. The number of nitrogens with zero attached hydrogens (tertiary/aromatic N) is 2. The van der Waals surface area contributed by atoms with Gasteiger partial charge in [0.1, 0.15) is 0 Å². The van der Waals surface area contributed by atoms with E-state index in [0.29, 0.717) is 18.0 Å². The van der Waals surface area contributed by atoms with Gasteiger partial charge in [0.15, 0.2) is 0 Å². The third-order valence-corrected chi connectivity index (χ3v) is 7.36. The molecule has 2 aromatic rings. The molecule has 2 atom stereocenters. The average Bonchev–Trinajstić information content (AvgIpc) is 3.29. The molecular formula is C26H32N2. The fraction of sp³-hybridized carbons (Fsp3) is 0.500. The summed E-state index contributed by atoms with van der Waals surface area (Å²) in [6.07, 6.45) is 10.5. The van der Waals surface area contributed by atoms with Crippen LogP contribution >= 0.6 is 0 Å². The van der Waals surface area contributed by atoms with Crippen molar-refractivity contribution in [2.45, 2.75) is 56.5 Å². The van der Waals surface area contributed by atoms with Crippen molar-refractivity contribution in [1.29, 1.82) is 0 Å². The van der Waals surface area contributed by atoms with Gasteiger partial charge in [-0.2, -0.15) is 0 Å². The van der Waals surface area contributed by atoms with Gasteiger partial charge < -0.3 is 0 Å². The van der Waals surface area contributed by atoms with Crippen molar-refractivity contribution in [1.82, 2.24) is 4.90 Å². The smallest absolute Gasteiger partial charge is 0.0689 e. The predicted molar refractivity (Wildman–Crippen MR) is 117 cm³/mol. The van der Waals surface area contributed by atoms with E-state index in [2.05, 4.69) is 71.8 Å². The molecule has 1 aliphatic carbocycles. The minimum absolute atomic E-state index is 0.399. The molecule has 0 N–H and O–H groups in total. The Morgan fingerprint density at radius 1 is 0.786 bits per heavy atom. The lowest BCUT2D eigenvalue weighted by Gasteiger charge is -2.52. The molecule has 0 unspecified atom stereocenters. The first-order chi connectivity index (χ1) is 13.9. The van der Waals surface area contributed by atoms with Gasteiger partial charge in [-0.05, 0) is 61.7 Å². The van der Waals surface area contributed by atoms with E-state index in [-0.39, 0.29) is 0 Å². The van der Waals surface area contributed by atoms with Crippen LogP contribution in [0, 0.1) is 11.8 Å². The molecule has 6 rings (SSSR count). The lowest BCUT2D eigenvalue weighted by atomic mass is 9.71. The summed E-state index contributed by atoms with van der Waals surface area (Å²) in [6, 6.07) is 23.2. The molecule has 0 spiro atoms. The van der Waals surface area contributed by atoms with E-state index in [0.717, 1.165) is 11.8 Å². The Labute approximate surface area is 169 Å². The first-order valence-corrected chi connectivity index (χ1v) is 11.3. The zero-order valence-corrected chi connectivity index (χ0v) is 16.8. The molecule has 0 aromatic heterocycles. The van der Waals surface area contributed by atoms with Crippen LogP contribution in [0.3, 0.4) is 0 Å². The Morgan fingerprint density at radius 2 is 1.36 bits per heavy atom. The largest absolute Gasteiger partial charge is 0.297 e. The van der Waals surface area contributed by atoms with Crippen LogP contribution in [-0.2, 0) is 0 Å². The van der Waals surface area contributed by atoms with Crippen LogP contribution in [0.1, 0.15) is 55.6 Å². The van der Waals surface area contributed by atoms with Crippen molar-refractivity contribution in [3.05, 3.63) is 71.8 Å². The number of hydrogen-bond acceptors (Lipinski definition) is 2. The first kappa shape index (κ1) is 18.1. The van der Waals surface area contributed by atoms with E-state index >= 15 is 0 Å². The Morgan fingerprint density at radius 3 is 1.93 bits per heavy atom. The highest BCUT2D eigenvalue weighted by atomic mass is 15.2. The second kappa shape index (κ2) is 8.21. The lowest BCUT2D eigenvalue weighted by Crippen LogP contribution is -2.59. The highest BCUT2D eigenvalue weighted by Gasteiger charge is 2.46. The van der Waals surface area contributed by atoms with Crippen molar-refractivity contribution in [3.8, 4) is 0 Å². The van der Waals surface area contributed by atoms with E-state index < -0.39 is 0 Å². The van der Waals surface area contributed by atoms with E-state index in [1.807, 2.05) is 0 Å². The summed E-state index contributed by atoms with van der Waals surface area (Å²) in [7, 11) is 0. The number of benzene rings is 2. The van der Waals surface area contributed by atoms with E-state index in [1.165, 1.54) is 62.7 Å². The van der Waals surface area contributed by atoms with E-state index in [4.69, 9.17) is 4.99 Å². The Balaban J connectivity index is 1.53. The topological polar surface area (TPSA) is 15.6 Å². The molecule has 2 aromatic carbocycles. The quantitative estimate of drug-likeness (QED) is 0.629. The third kappa shape index (κ3) is 3.55. The van der Waals surface area contributed by atoms with Gasteiger partial charge in [0.05, 0.1) is 6.04 Å². The van der Waals surface area contributed by atoms with Gasteiger partial charge in [0.25, 0.3) is 0 Å². The number of rotatable bonds is 5. The summed E-state index contributed by atoms with van der Waals surface area (Å²) in [4.78, 5) is 8.09. The average molecular weight is 373 g/mol. The minimum atomic E-state index is 0.399. The molecule has 28 heavy (non-hydrogen) atoms. The predicted octanol–water partition coefficient (Wildman–Crippen LogP) is 5.54. The standard InChI is InChI=1S/C26H32N2/c1-3-11-21(12-4-1)24(22-13-5-2-6-14-22)26-25(23-15-17-28(26)18-16-23)27-19-20-9-7-8-10-20/h1-6,11-14,19-20,23-26H,7-10,15-18H2/b27-19+/t25-,26+/m1/s1. The summed E-state index contributed by atoms with van der Waals surface area (Å²) >= 11 is 0. The number of piperidine rings is 3. The molecule has 3 saturated heterocycles. The van der Waals surface area contributed by atoms with Crippen molar-refractivity contribution >= 4 is 6.21 Å². The highest BCUT2D eigenvalue weighted by Crippen LogP contribution is 2.43. The summed E-state index contributed by atoms with van der Waals surface area (Å²) in [6.45, 7) is 2.47. The Hall–Kier alpha value is -1.93. The molecule has 0 radical (unpaired) electrons. The van der Waals surface area contributed by atoms with Gasteiger partial charge in [0, 0.05) is 18.2 Å². The maximum absolute atomic E-state index is 5.33. The van der Waals surface area contributed by atoms with Crippen molar-refractivity contribution in [2.24, 2.45) is 16.8 Å². The maximum atomic E-state index is 5.33. The molecule has 2 heteroatoms. The van der Waals surface area contributed by atoms with Gasteiger partial charge in [-0.25, -0.2) is 0 Å². The van der Waals surface area contributed by atoms with Gasteiger partial charge in [0.2, 0.25) is 0 Å². The third-order valence-electron chi connectivity index (χ3n) is 7.36. The molecule has 0 amide bonds. The first-order valence-electron chi connectivity index (χ1n) is 11.3. The fourth-order valence-electron chi connectivity index (χ4n) is 5.91. The van der Waals surface area contributed by atoms with E-state index in [1.54, 1.807) is 0 Å². The second-order valence-electron chi connectivity index (χ2n) is 9.00. The van der Waals surface area contributed by atoms with Gasteiger partial charge in [-0.15, -0.1) is 0 Å². The molecule has 2 bridgehead atoms. The summed E-state index contributed by atoms with van der Waals surface area (Å²) in [5, 5.41) is 0. The van der Waals surface area contributed by atoms with Crippen molar-refractivity contribution < 1.29 is 0 Å². The SMILES string of the molecule is C(=N\[C@@H]1C2CCN(CC2)[C@H]1C(c1ccccc1)c1ccccc1)/C1CCCC1. The summed E-state index contributed by atoms with van der Waals surface area (Å²) in [5.41, 5.74) is 2.87. The maximum Gasteiger partial charge on any atom is 0.0689 e. The monoisotopic (exact) mass is 372 g/mol. The van der Waals surface area contributed by atoms with Crippen LogP contribution < -0.4 is 0 Å². The van der Waals surface area contributed by atoms with Crippen LogP contribution in [0.4, 0.5) is 0 Å². The van der Waals surface area contributed by atoms with Gasteiger partial charge >= 0.3 is 0 Å².